The molecule has 1 aromatic heterocycles. The zero-order valence-corrected chi connectivity index (χ0v) is 10.1. The Hall–Kier alpha value is -2.11. The fraction of sp³-hybridized carbons (Fsp3) is 0.417. The van der Waals surface area contributed by atoms with Crippen molar-refractivity contribution in [3.8, 4) is 0 Å². The SMILES string of the molecule is COC(=O)C1CCN(c2ccc(C(N)=O)cn2)C1. The minimum atomic E-state index is -0.497. The van der Waals surface area contributed by atoms with Crippen LogP contribution in [0.15, 0.2) is 18.3 Å². The van der Waals surface area contributed by atoms with Crippen molar-refractivity contribution in [2.75, 3.05) is 25.1 Å². The van der Waals surface area contributed by atoms with Gasteiger partial charge in [-0.3, -0.25) is 9.59 Å². The Morgan fingerprint density at radius 1 is 1.50 bits per heavy atom. The van der Waals surface area contributed by atoms with E-state index in [-0.39, 0.29) is 11.9 Å². The summed E-state index contributed by atoms with van der Waals surface area (Å²) < 4.78 is 4.72. The number of aromatic nitrogens is 1. The van der Waals surface area contributed by atoms with Crippen LogP contribution in [0.1, 0.15) is 16.8 Å². The van der Waals surface area contributed by atoms with Gasteiger partial charge >= 0.3 is 5.97 Å². The minimum Gasteiger partial charge on any atom is -0.469 e. The van der Waals surface area contributed by atoms with Crippen molar-refractivity contribution < 1.29 is 14.3 Å². The van der Waals surface area contributed by atoms with Crippen LogP contribution in [0.5, 0.6) is 0 Å². The molecule has 1 amide bonds. The second-order valence-electron chi connectivity index (χ2n) is 4.22. The smallest absolute Gasteiger partial charge is 0.310 e. The molecule has 18 heavy (non-hydrogen) atoms. The molecule has 1 unspecified atom stereocenters. The molecule has 0 aromatic carbocycles. The van der Waals surface area contributed by atoms with Crippen LogP contribution in [0.25, 0.3) is 0 Å². The number of primary amides is 1. The van der Waals surface area contributed by atoms with Crippen molar-refractivity contribution >= 4 is 17.7 Å². The Bertz CT molecular complexity index is 458. The van der Waals surface area contributed by atoms with Crippen LogP contribution in [0.4, 0.5) is 5.82 Å². The summed E-state index contributed by atoms with van der Waals surface area (Å²) in [5, 5.41) is 0. The summed E-state index contributed by atoms with van der Waals surface area (Å²) in [4.78, 5) is 28.5. The van der Waals surface area contributed by atoms with E-state index in [1.54, 1.807) is 12.1 Å². The molecule has 0 bridgehead atoms. The van der Waals surface area contributed by atoms with Gasteiger partial charge in [0, 0.05) is 19.3 Å². The Morgan fingerprint density at radius 3 is 2.83 bits per heavy atom. The van der Waals surface area contributed by atoms with E-state index in [9.17, 15) is 9.59 Å². The molecular weight excluding hydrogens is 234 g/mol. The molecule has 1 aromatic rings. The number of hydrogen-bond donors (Lipinski definition) is 1. The van der Waals surface area contributed by atoms with Crippen molar-refractivity contribution in [2.24, 2.45) is 11.7 Å². The summed E-state index contributed by atoms with van der Waals surface area (Å²) in [7, 11) is 1.39. The first-order valence-electron chi connectivity index (χ1n) is 5.70. The molecule has 0 aliphatic carbocycles. The first kappa shape index (κ1) is 12.3. The molecule has 1 aliphatic rings. The number of carbonyl (C=O) groups excluding carboxylic acids is 2. The van der Waals surface area contributed by atoms with Crippen molar-refractivity contribution in [3.63, 3.8) is 0 Å². The first-order chi connectivity index (χ1) is 8.61. The van der Waals surface area contributed by atoms with E-state index >= 15 is 0 Å². The lowest BCUT2D eigenvalue weighted by Crippen LogP contribution is -2.24. The molecule has 0 radical (unpaired) electrons. The van der Waals surface area contributed by atoms with Gasteiger partial charge in [-0.15, -0.1) is 0 Å². The molecule has 1 fully saturated rings. The number of carbonyl (C=O) groups is 2. The van der Waals surface area contributed by atoms with Crippen LogP contribution in [0.2, 0.25) is 0 Å². The van der Waals surface area contributed by atoms with E-state index in [1.807, 2.05) is 4.90 Å². The molecule has 2 heterocycles. The third-order valence-electron chi connectivity index (χ3n) is 3.08. The summed E-state index contributed by atoms with van der Waals surface area (Å²) >= 11 is 0. The Labute approximate surface area is 105 Å². The van der Waals surface area contributed by atoms with Crippen LogP contribution < -0.4 is 10.6 Å². The average molecular weight is 249 g/mol. The standard InChI is InChI=1S/C12H15N3O3/c1-18-12(17)9-4-5-15(7-9)10-3-2-8(6-14-10)11(13)16/h2-3,6,9H,4-5,7H2,1H3,(H2,13,16). The number of methoxy groups -OCH3 is 1. The van der Waals surface area contributed by atoms with Gasteiger partial charge in [0.25, 0.3) is 0 Å². The molecular formula is C12H15N3O3. The highest BCUT2D eigenvalue weighted by Gasteiger charge is 2.29. The number of amides is 1. The number of esters is 1. The Kier molecular flexibility index (Phi) is 3.45. The number of hydrogen-bond acceptors (Lipinski definition) is 5. The summed E-state index contributed by atoms with van der Waals surface area (Å²) in [6.07, 6.45) is 2.20. The van der Waals surface area contributed by atoms with Crippen LogP contribution in [-0.4, -0.2) is 37.1 Å². The number of nitrogens with two attached hydrogens (primary N) is 1. The number of rotatable bonds is 3. The maximum atomic E-state index is 11.4. The highest BCUT2D eigenvalue weighted by atomic mass is 16.5. The normalized spacial score (nSPS) is 18.7. The fourth-order valence-electron chi connectivity index (χ4n) is 2.05. The summed E-state index contributed by atoms with van der Waals surface area (Å²) in [6.45, 7) is 1.35. The zero-order valence-electron chi connectivity index (χ0n) is 10.1. The van der Waals surface area contributed by atoms with Gasteiger partial charge in [-0.25, -0.2) is 4.98 Å². The quantitative estimate of drug-likeness (QED) is 0.772. The number of pyridine rings is 1. The third kappa shape index (κ3) is 2.42. The molecule has 2 rings (SSSR count). The number of anilines is 1. The van der Waals surface area contributed by atoms with Crippen LogP contribution in [0.3, 0.4) is 0 Å². The summed E-state index contributed by atoms with van der Waals surface area (Å²) in [5.41, 5.74) is 5.52. The van der Waals surface area contributed by atoms with Gasteiger partial charge in [-0.1, -0.05) is 0 Å². The molecule has 1 saturated heterocycles. The zero-order chi connectivity index (χ0) is 13.1. The van der Waals surface area contributed by atoms with Gasteiger partial charge in [0.2, 0.25) is 5.91 Å². The maximum Gasteiger partial charge on any atom is 0.310 e. The van der Waals surface area contributed by atoms with E-state index < -0.39 is 5.91 Å². The van der Waals surface area contributed by atoms with Gasteiger partial charge in [0.1, 0.15) is 5.82 Å². The van der Waals surface area contributed by atoms with E-state index in [0.717, 1.165) is 18.8 Å². The topological polar surface area (TPSA) is 85.5 Å². The van der Waals surface area contributed by atoms with Crippen LogP contribution in [0, 0.1) is 5.92 Å². The van der Waals surface area contributed by atoms with Gasteiger partial charge in [-0.2, -0.15) is 0 Å². The predicted octanol–water partition coefficient (Wildman–Crippen LogP) is 0.180. The van der Waals surface area contributed by atoms with Gasteiger partial charge in [0.15, 0.2) is 0 Å². The third-order valence-corrected chi connectivity index (χ3v) is 3.08. The lowest BCUT2D eigenvalue weighted by Gasteiger charge is -2.16. The monoisotopic (exact) mass is 249 g/mol. The highest BCUT2D eigenvalue weighted by Crippen LogP contribution is 2.22. The molecule has 6 heteroatoms. The summed E-state index contributed by atoms with van der Waals surface area (Å²) in [6, 6.07) is 3.37. The van der Waals surface area contributed by atoms with Crippen LogP contribution >= 0.6 is 0 Å². The number of nitrogens with zero attached hydrogens (tertiary/aromatic N) is 2. The second-order valence-corrected chi connectivity index (χ2v) is 4.22. The van der Waals surface area contributed by atoms with Crippen molar-refractivity contribution in [1.29, 1.82) is 0 Å². The van der Waals surface area contributed by atoms with Crippen LogP contribution in [-0.2, 0) is 9.53 Å². The molecule has 96 valence electrons. The maximum absolute atomic E-state index is 11.4. The molecule has 2 N–H and O–H groups in total. The second kappa shape index (κ2) is 5.03. The van der Waals surface area contributed by atoms with E-state index in [4.69, 9.17) is 10.5 Å². The molecule has 0 saturated carbocycles. The van der Waals surface area contributed by atoms with E-state index in [0.29, 0.717) is 12.1 Å². The van der Waals surface area contributed by atoms with Gasteiger partial charge < -0.3 is 15.4 Å². The summed E-state index contributed by atoms with van der Waals surface area (Å²) in [5.74, 6) is -0.0480. The highest BCUT2D eigenvalue weighted by molar-refractivity contribution is 5.92. The minimum absolute atomic E-state index is 0.104. The predicted molar refractivity (Wildman–Crippen MR) is 65.1 cm³/mol. The number of ether oxygens (including phenoxy) is 1. The molecule has 1 aliphatic heterocycles. The fourth-order valence-corrected chi connectivity index (χ4v) is 2.05. The lowest BCUT2D eigenvalue weighted by atomic mass is 10.1. The molecule has 1 atom stereocenters. The van der Waals surface area contributed by atoms with Crippen molar-refractivity contribution in [1.82, 2.24) is 4.98 Å². The Balaban J connectivity index is 2.05. The van der Waals surface area contributed by atoms with Crippen molar-refractivity contribution in [2.45, 2.75) is 6.42 Å². The molecule has 6 nitrogen and oxygen atoms in total. The first-order valence-corrected chi connectivity index (χ1v) is 5.70. The largest absolute Gasteiger partial charge is 0.469 e. The molecule has 0 spiro atoms. The van der Waals surface area contributed by atoms with Crippen molar-refractivity contribution in [3.05, 3.63) is 23.9 Å². The average Bonchev–Trinajstić information content (AvgIpc) is 2.87. The Morgan fingerprint density at radius 2 is 2.28 bits per heavy atom. The lowest BCUT2D eigenvalue weighted by molar-refractivity contribution is -0.144. The van der Waals surface area contributed by atoms with Gasteiger partial charge in [-0.05, 0) is 18.6 Å². The van der Waals surface area contributed by atoms with E-state index in [2.05, 4.69) is 4.98 Å². The van der Waals surface area contributed by atoms with E-state index in [1.165, 1.54) is 13.3 Å². The van der Waals surface area contributed by atoms with Gasteiger partial charge in [0.05, 0.1) is 18.6 Å².